The van der Waals surface area contributed by atoms with Crippen LogP contribution in [0.25, 0.3) is 0 Å². The Bertz CT molecular complexity index is 649. The van der Waals surface area contributed by atoms with Crippen LogP contribution < -0.4 is 10.2 Å². The van der Waals surface area contributed by atoms with Crippen LogP contribution in [0.15, 0.2) is 48.8 Å². The fraction of sp³-hybridized carbons (Fsp3) is 0.250. The van der Waals surface area contributed by atoms with Crippen LogP contribution in [0.2, 0.25) is 0 Å². The lowest BCUT2D eigenvalue weighted by Crippen LogP contribution is -2.35. The molecular formula is C16H18N4O3. The van der Waals surface area contributed by atoms with Gasteiger partial charge in [0, 0.05) is 25.1 Å². The van der Waals surface area contributed by atoms with Crippen LogP contribution in [-0.2, 0) is 14.3 Å². The van der Waals surface area contributed by atoms with Crippen molar-refractivity contribution in [3.05, 3.63) is 48.8 Å². The van der Waals surface area contributed by atoms with Crippen LogP contribution in [0.3, 0.4) is 0 Å². The number of ether oxygens (including phenoxy) is 1. The second-order valence-electron chi connectivity index (χ2n) is 4.89. The third kappa shape index (κ3) is 5.06. The summed E-state index contributed by atoms with van der Waals surface area (Å²) < 4.78 is 5.13. The standard InChI is InChI=1S/C16H18N4O3/c1-12(15(22)19-13-7-4-3-5-8-13)23-14(21)11-20(2)16-17-9-6-10-18-16/h3-10,12H,11H2,1-2H3,(H,19,22). The van der Waals surface area contributed by atoms with E-state index in [1.165, 1.54) is 6.92 Å². The van der Waals surface area contributed by atoms with E-state index in [0.717, 1.165) is 0 Å². The predicted octanol–water partition coefficient (Wildman–Crippen LogP) is 1.48. The molecule has 0 bridgehead atoms. The first-order chi connectivity index (χ1) is 11.1. The zero-order valence-electron chi connectivity index (χ0n) is 13.0. The Hall–Kier alpha value is -2.96. The molecule has 0 aliphatic rings. The number of likely N-dealkylation sites (N-methyl/N-ethyl adjacent to an activating group) is 1. The van der Waals surface area contributed by atoms with E-state index in [9.17, 15) is 9.59 Å². The molecule has 1 aromatic heterocycles. The van der Waals surface area contributed by atoms with E-state index in [-0.39, 0.29) is 12.5 Å². The molecule has 23 heavy (non-hydrogen) atoms. The minimum Gasteiger partial charge on any atom is -0.451 e. The molecule has 1 heterocycles. The SMILES string of the molecule is CC(OC(=O)CN(C)c1ncccn1)C(=O)Nc1ccccc1. The molecule has 0 aliphatic carbocycles. The van der Waals surface area contributed by atoms with Gasteiger partial charge >= 0.3 is 5.97 Å². The summed E-state index contributed by atoms with van der Waals surface area (Å²) in [5.41, 5.74) is 0.648. The van der Waals surface area contributed by atoms with Crippen LogP contribution in [0, 0.1) is 0 Å². The molecule has 1 atom stereocenters. The molecule has 7 heteroatoms. The maximum Gasteiger partial charge on any atom is 0.326 e. The number of hydrogen-bond acceptors (Lipinski definition) is 6. The van der Waals surface area contributed by atoms with Gasteiger partial charge in [-0.2, -0.15) is 0 Å². The van der Waals surface area contributed by atoms with Crippen molar-refractivity contribution < 1.29 is 14.3 Å². The molecule has 1 amide bonds. The van der Waals surface area contributed by atoms with Gasteiger partial charge in [0.25, 0.3) is 5.91 Å². The minimum absolute atomic E-state index is 0.0486. The first kappa shape index (κ1) is 16.4. The number of benzene rings is 1. The number of nitrogens with one attached hydrogen (secondary N) is 1. The van der Waals surface area contributed by atoms with Crippen LogP contribution in [-0.4, -0.2) is 41.5 Å². The molecule has 0 aliphatic heterocycles. The highest BCUT2D eigenvalue weighted by molar-refractivity contribution is 5.95. The zero-order valence-corrected chi connectivity index (χ0v) is 13.0. The molecule has 0 fully saturated rings. The molecule has 1 aromatic carbocycles. The third-order valence-corrected chi connectivity index (χ3v) is 2.98. The van der Waals surface area contributed by atoms with E-state index in [1.54, 1.807) is 54.7 Å². The first-order valence-electron chi connectivity index (χ1n) is 7.10. The number of esters is 1. The van der Waals surface area contributed by atoms with Gasteiger partial charge in [-0.05, 0) is 25.1 Å². The summed E-state index contributed by atoms with van der Waals surface area (Å²) >= 11 is 0. The molecule has 2 aromatic rings. The van der Waals surface area contributed by atoms with Crippen molar-refractivity contribution in [3.8, 4) is 0 Å². The maximum absolute atomic E-state index is 12.0. The number of nitrogens with zero attached hydrogens (tertiary/aromatic N) is 3. The number of carbonyl (C=O) groups excluding carboxylic acids is 2. The van der Waals surface area contributed by atoms with Crippen LogP contribution in [0.4, 0.5) is 11.6 Å². The number of amides is 1. The number of anilines is 2. The highest BCUT2D eigenvalue weighted by atomic mass is 16.5. The average molecular weight is 314 g/mol. The van der Waals surface area contributed by atoms with Gasteiger partial charge in [0.15, 0.2) is 6.10 Å². The largest absolute Gasteiger partial charge is 0.451 e. The highest BCUT2D eigenvalue weighted by Gasteiger charge is 2.19. The zero-order chi connectivity index (χ0) is 16.7. The molecule has 0 saturated heterocycles. The molecule has 120 valence electrons. The summed E-state index contributed by atoms with van der Waals surface area (Å²) in [6, 6.07) is 10.7. The van der Waals surface area contributed by atoms with Crippen molar-refractivity contribution in [2.24, 2.45) is 0 Å². The Kier molecular flexibility index (Phi) is 5.62. The lowest BCUT2D eigenvalue weighted by molar-refractivity contribution is -0.151. The van der Waals surface area contributed by atoms with Gasteiger partial charge < -0.3 is 15.0 Å². The number of rotatable bonds is 6. The van der Waals surface area contributed by atoms with E-state index in [4.69, 9.17) is 4.74 Å². The second kappa shape index (κ2) is 7.88. The summed E-state index contributed by atoms with van der Waals surface area (Å²) in [6.07, 6.45) is 2.27. The van der Waals surface area contributed by atoms with E-state index in [0.29, 0.717) is 11.6 Å². The molecule has 7 nitrogen and oxygen atoms in total. The molecular weight excluding hydrogens is 296 g/mol. The topological polar surface area (TPSA) is 84.4 Å². The highest BCUT2D eigenvalue weighted by Crippen LogP contribution is 2.07. The Balaban J connectivity index is 1.83. The molecule has 0 saturated carbocycles. The van der Waals surface area contributed by atoms with Crippen molar-refractivity contribution in [3.63, 3.8) is 0 Å². The molecule has 2 rings (SSSR count). The Morgan fingerprint density at radius 2 is 1.83 bits per heavy atom. The number of aromatic nitrogens is 2. The smallest absolute Gasteiger partial charge is 0.326 e. The van der Waals surface area contributed by atoms with E-state index < -0.39 is 12.1 Å². The summed E-state index contributed by atoms with van der Waals surface area (Å²) in [5.74, 6) is -0.510. The lowest BCUT2D eigenvalue weighted by atomic mass is 10.3. The van der Waals surface area contributed by atoms with E-state index >= 15 is 0 Å². The summed E-state index contributed by atoms with van der Waals surface area (Å²) in [6.45, 7) is 1.47. The van der Waals surface area contributed by atoms with Gasteiger partial charge in [-0.3, -0.25) is 9.59 Å². The van der Waals surface area contributed by atoms with E-state index in [1.807, 2.05) is 6.07 Å². The third-order valence-electron chi connectivity index (χ3n) is 2.98. The molecule has 1 unspecified atom stereocenters. The Morgan fingerprint density at radius 3 is 2.48 bits per heavy atom. The van der Waals surface area contributed by atoms with Gasteiger partial charge in [-0.25, -0.2) is 9.97 Å². The minimum atomic E-state index is -0.896. The van der Waals surface area contributed by atoms with Gasteiger partial charge in [0.05, 0.1) is 0 Å². The fourth-order valence-corrected chi connectivity index (χ4v) is 1.81. The van der Waals surface area contributed by atoms with Gasteiger partial charge in [-0.15, -0.1) is 0 Å². The first-order valence-corrected chi connectivity index (χ1v) is 7.10. The summed E-state index contributed by atoms with van der Waals surface area (Å²) in [4.78, 5) is 33.5. The van der Waals surface area contributed by atoms with Crippen molar-refractivity contribution in [1.82, 2.24) is 9.97 Å². The van der Waals surface area contributed by atoms with Crippen LogP contribution in [0.1, 0.15) is 6.92 Å². The second-order valence-corrected chi connectivity index (χ2v) is 4.89. The molecule has 0 radical (unpaired) electrons. The van der Waals surface area contributed by atoms with Gasteiger partial charge in [0.1, 0.15) is 6.54 Å². The van der Waals surface area contributed by atoms with Crippen molar-refractivity contribution in [1.29, 1.82) is 0 Å². The summed E-state index contributed by atoms with van der Waals surface area (Å²) in [7, 11) is 1.67. The van der Waals surface area contributed by atoms with Crippen molar-refractivity contribution in [2.45, 2.75) is 13.0 Å². The lowest BCUT2D eigenvalue weighted by Gasteiger charge is -2.18. The fourth-order valence-electron chi connectivity index (χ4n) is 1.81. The predicted molar refractivity (Wildman–Crippen MR) is 85.9 cm³/mol. The number of hydrogen-bond donors (Lipinski definition) is 1. The Morgan fingerprint density at radius 1 is 1.17 bits per heavy atom. The Labute approximate surface area is 134 Å². The quantitative estimate of drug-likeness (QED) is 0.813. The van der Waals surface area contributed by atoms with Crippen LogP contribution in [0.5, 0.6) is 0 Å². The number of para-hydroxylation sites is 1. The van der Waals surface area contributed by atoms with Crippen molar-refractivity contribution in [2.75, 3.05) is 23.8 Å². The van der Waals surface area contributed by atoms with Crippen LogP contribution >= 0.6 is 0 Å². The normalized spacial score (nSPS) is 11.4. The van der Waals surface area contributed by atoms with Gasteiger partial charge in [-0.1, -0.05) is 18.2 Å². The monoisotopic (exact) mass is 314 g/mol. The average Bonchev–Trinajstić information content (AvgIpc) is 2.56. The number of carbonyl (C=O) groups is 2. The van der Waals surface area contributed by atoms with Gasteiger partial charge in [0.2, 0.25) is 5.95 Å². The summed E-state index contributed by atoms with van der Waals surface area (Å²) in [5, 5.41) is 2.68. The van der Waals surface area contributed by atoms with Crippen molar-refractivity contribution >= 4 is 23.5 Å². The van der Waals surface area contributed by atoms with E-state index in [2.05, 4.69) is 15.3 Å². The molecule has 1 N–H and O–H groups in total. The maximum atomic E-state index is 12.0. The molecule has 0 spiro atoms.